The van der Waals surface area contributed by atoms with Crippen molar-refractivity contribution in [3.8, 4) is 0 Å². The van der Waals surface area contributed by atoms with Gasteiger partial charge in [0.15, 0.2) is 0 Å². The molecule has 3 aromatic rings. The third-order valence-electron chi connectivity index (χ3n) is 7.58. The second kappa shape index (κ2) is 12.1. The Balaban J connectivity index is 1.27. The minimum atomic E-state index is -0.432. The molecule has 0 bridgehead atoms. The highest BCUT2D eigenvalue weighted by molar-refractivity contribution is 6.03. The van der Waals surface area contributed by atoms with Crippen molar-refractivity contribution in [1.82, 2.24) is 10.6 Å². The summed E-state index contributed by atoms with van der Waals surface area (Å²) in [4.78, 5) is 25.9. The zero-order valence-corrected chi connectivity index (χ0v) is 21.7. The van der Waals surface area contributed by atoms with Crippen LogP contribution in [0, 0.1) is 0 Å². The summed E-state index contributed by atoms with van der Waals surface area (Å²) < 4.78 is 0. The number of nitrogens with one attached hydrogen (secondary N) is 3. The first-order valence-corrected chi connectivity index (χ1v) is 13.6. The minimum absolute atomic E-state index is 0.0379. The van der Waals surface area contributed by atoms with E-state index in [9.17, 15) is 9.59 Å². The van der Waals surface area contributed by atoms with Crippen molar-refractivity contribution in [2.75, 3.05) is 11.1 Å². The zero-order valence-electron chi connectivity index (χ0n) is 21.7. The van der Waals surface area contributed by atoms with Gasteiger partial charge < -0.3 is 16.4 Å². The third-order valence-corrected chi connectivity index (χ3v) is 7.58. The molecule has 0 aliphatic heterocycles. The van der Waals surface area contributed by atoms with E-state index >= 15 is 0 Å². The molecule has 5 N–H and O–H groups in total. The predicted molar refractivity (Wildman–Crippen MR) is 153 cm³/mol. The molecule has 2 aliphatic rings. The van der Waals surface area contributed by atoms with Crippen LogP contribution in [0.4, 0.5) is 11.4 Å². The van der Waals surface area contributed by atoms with Crippen LogP contribution in [-0.4, -0.2) is 23.9 Å². The molecule has 3 aromatic carbocycles. The molecule has 6 heteroatoms. The van der Waals surface area contributed by atoms with E-state index in [2.05, 4.69) is 40.2 Å². The molecular weight excluding hydrogens is 472 g/mol. The number of fused-ring (bicyclic) bond motifs is 1. The molecule has 2 aliphatic carbocycles. The largest absolute Gasteiger partial charge is 0.397 e. The molecule has 0 spiro atoms. The van der Waals surface area contributed by atoms with Crippen molar-refractivity contribution >= 4 is 29.3 Å². The van der Waals surface area contributed by atoms with Crippen LogP contribution in [0.3, 0.4) is 0 Å². The number of para-hydroxylation sites is 2. The van der Waals surface area contributed by atoms with E-state index in [0.717, 1.165) is 36.8 Å². The summed E-state index contributed by atoms with van der Waals surface area (Å²) in [6.45, 7) is 0. The molecular formula is C32H36N4O2. The molecule has 2 amide bonds. The van der Waals surface area contributed by atoms with Crippen molar-refractivity contribution in [3.05, 3.63) is 101 Å². The fourth-order valence-electron chi connectivity index (χ4n) is 5.52. The van der Waals surface area contributed by atoms with Gasteiger partial charge in [-0.2, -0.15) is 0 Å². The molecule has 1 saturated carbocycles. The van der Waals surface area contributed by atoms with E-state index < -0.39 is 6.04 Å². The highest BCUT2D eigenvalue weighted by atomic mass is 16.2. The number of nitrogens with two attached hydrogens (primary N) is 1. The fourth-order valence-corrected chi connectivity index (χ4v) is 5.52. The van der Waals surface area contributed by atoms with Crippen LogP contribution >= 0.6 is 0 Å². The number of benzene rings is 3. The number of hydrogen-bond acceptors (Lipinski definition) is 4. The maximum absolute atomic E-state index is 13.5. The van der Waals surface area contributed by atoms with Crippen molar-refractivity contribution in [2.24, 2.45) is 0 Å². The van der Waals surface area contributed by atoms with Gasteiger partial charge in [0.1, 0.15) is 6.04 Å². The van der Waals surface area contributed by atoms with Crippen molar-refractivity contribution in [3.63, 3.8) is 0 Å². The van der Waals surface area contributed by atoms with E-state index in [1.54, 1.807) is 18.2 Å². The van der Waals surface area contributed by atoms with Crippen LogP contribution in [0.2, 0.25) is 0 Å². The van der Waals surface area contributed by atoms with Crippen molar-refractivity contribution < 1.29 is 9.59 Å². The number of amides is 2. The standard InChI is InChI=1S/C32H36N4O2/c33-28-12-6-7-13-29(28)36-30(37)19-16-22-14-17-23(18-15-22)31(32(38)35-26-10-2-1-3-11-26)34-27-20-24-8-4-5-9-25(24)21-27/h4-9,12-19,26-27,31,34H,1-3,10-11,20-21,33H2,(H,35,38)(H,36,37). The zero-order chi connectivity index (χ0) is 26.3. The van der Waals surface area contributed by atoms with Gasteiger partial charge in [0.05, 0.1) is 11.4 Å². The molecule has 0 radical (unpaired) electrons. The maximum Gasteiger partial charge on any atom is 0.248 e. The summed E-state index contributed by atoms with van der Waals surface area (Å²) >= 11 is 0. The highest BCUT2D eigenvalue weighted by Crippen LogP contribution is 2.26. The Hall–Kier alpha value is -3.90. The van der Waals surface area contributed by atoms with E-state index in [4.69, 9.17) is 5.73 Å². The van der Waals surface area contributed by atoms with Gasteiger partial charge in [0.25, 0.3) is 0 Å². The topological polar surface area (TPSA) is 96.2 Å². The summed E-state index contributed by atoms with van der Waals surface area (Å²) in [6, 6.07) is 23.6. The van der Waals surface area contributed by atoms with Crippen molar-refractivity contribution in [2.45, 2.75) is 63.1 Å². The Morgan fingerprint density at radius 3 is 2.16 bits per heavy atom. The van der Waals surface area contributed by atoms with Gasteiger partial charge in [-0.3, -0.25) is 14.9 Å². The van der Waals surface area contributed by atoms with E-state index in [1.165, 1.54) is 36.5 Å². The van der Waals surface area contributed by atoms with Gasteiger partial charge in [0.2, 0.25) is 11.8 Å². The first kappa shape index (κ1) is 25.7. The quantitative estimate of drug-likeness (QED) is 0.249. The maximum atomic E-state index is 13.5. The lowest BCUT2D eigenvalue weighted by Gasteiger charge is -2.28. The Labute approximate surface area is 224 Å². The molecule has 6 nitrogen and oxygen atoms in total. The van der Waals surface area contributed by atoms with Gasteiger partial charge in [-0.25, -0.2) is 0 Å². The first-order valence-electron chi connectivity index (χ1n) is 13.6. The fraction of sp³-hybridized carbons (Fsp3) is 0.312. The molecule has 0 saturated heterocycles. The van der Waals surface area contributed by atoms with Gasteiger partial charge >= 0.3 is 0 Å². The Morgan fingerprint density at radius 1 is 0.816 bits per heavy atom. The normalized spacial score (nSPS) is 16.7. The summed E-state index contributed by atoms with van der Waals surface area (Å²) in [5.74, 6) is -0.213. The molecule has 5 rings (SSSR count). The summed E-state index contributed by atoms with van der Waals surface area (Å²) in [5, 5.41) is 9.78. The number of rotatable bonds is 8. The summed E-state index contributed by atoms with van der Waals surface area (Å²) in [6.07, 6.45) is 10.8. The number of hydrogen-bond donors (Lipinski definition) is 4. The second-order valence-corrected chi connectivity index (χ2v) is 10.4. The van der Waals surface area contributed by atoms with Gasteiger partial charge in [-0.15, -0.1) is 0 Å². The monoisotopic (exact) mass is 508 g/mol. The van der Waals surface area contributed by atoms with Crippen LogP contribution in [0.25, 0.3) is 6.08 Å². The van der Waals surface area contributed by atoms with Crippen LogP contribution in [0.5, 0.6) is 0 Å². The van der Waals surface area contributed by atoms with Crippen LogP contribution < -0.4 is 21.7 Å². The smallest absolute Gasteiger partial charge is 0.248 e. The Morgan fingerprint density at radius 2 is 1.47 bits per heavy atom. The van der Waals surface area contributed by atoms with E-state index in [-0.39, 0.29) is 23.9 Å². The average Bonchev–Trinajstić information content (AvgIpc) is 3.35. The van der Waals surface area contributed by atoms with E-state index in [1.807, 2.05) is 36.4 Å². The molecule has 0 heterocycles. The van der Waals surface area contributed by atoms with Crippen LogP contribution in [0.15, 0.2) is 78.9 Å². The molecule has 1 atom stereocenters. The first-order chi connectivity index (χ1) is 18.5. The minimum Gasteiger partial charge on any atom is -0.397 e. The van der Waals surface area contributed by atoms with Crippen LogP contribution in [-0.2, 0) is 22.4 Å². The highest BCUT2D eigenvalue weighted by Gasteiger charge is 2.29. The molecule has 196 valence electrons. The van der Waals surface area contributed by atoms with E-state index in [0.29, 0.717) is 11.4 Å². The lowest BCUT2D eigenvalue weighted by atomic mass is 9.94. The lowest BCUT2D eigenvalue weighted by Crippen LogP contribution is -2.46. The Kier molecular flexibility index (Phi) is 8.19. The predicted octanol–water partition coefficient (Wildman–Crippen LogP) is 5.17. The summed E-state index contributed by atoms with van der Waals surface area (Å²) in [7, 11) is 0. The third kappa shape index (κ3) is 6.50. The number of anilines is 2. The van der Waals surface area contributed by atoms with Gasteiger partial charge in [-0.1, -0.05) is 79.9 Å². The lowest BCUT2D eigenvalue weighted by molar-refractivity contribution is -0.124. The average molecular weight is 509 g/mol. The van der Waals surface area contributed by atoms with Gasteiger partial charge in [-0.05, 0) is 66.1 Å². The second-order valence-electron chi connectivity index (χ2n) is 10.4. The van der Waals surface area contributed by atoms with Crippen molar-refractivity contribution in [1.29, 1.82) is 0 Å². The molecule has 1 fully saturated rings. The Bertz CT molecular complexity index is 1270. The number of carbonyl (C=O) groups excluding carboxylic acids is 2. The molecule has 0 aromatic heterocycles. The number of carbonyl (C=O) groups is 2. The molecule has 38 heavy (non-hydrogen) atoms. The number of nitrogen functional groups attached to an aromatic ring is 1. The van der Waals surface area contributed by atoms with Gasteiger partial charge in [0, 0.05) is 18.2 Å². The molecule has 1 unspecified atom stereocenters. The van der Waals surface area contributed by atoms with Crippen LogP contribution in [0.1, 0.15) is 60.4 Å². The summed E-state index contributed by atoms with van der Waals surface area (Å²) in [5.41, 5.74) is 11.5. The SMILES string of the molecule is Nc1ccccc1NC(=O)C=Cc1ccc(C(NC2Cc3ccccc3C2)C(=O)NC2CCCCC2)cc1.